The second-order valence-electron chi connectivity index (χ2n) is 11.4. The second-order valence-corrected chi connectivity index (χ2v) is 12.2. The van der Waals surface area contributed by atoms with Gasteiger partial charge in [-0.3, -0.25) is 4.79 Å². The number of aryl methyl sites for hydroxylation is 1. The van der Waals surface area contributed by atoms with Crippen molar-refractivity contribution >= 4 is 40.4 Å². The first-order valence-electron chi connectivity index (χ1n) is 14.5. The van der Waals surface area contributed by atoms with E-state index in [2.05, 4.69) is 16.4 Å². The zero-order chi connectivity index (χ0) is 33.6. The lowest BCUT2D eigenvalue weighted by atomic mass is 9.86. The fourth-order valence-corrected chi connectivity index (χ4v) is 5.75. The third-order valence-corrected chi connectivity index (χ3v) is 8.50. The van der Waals surface area contributed by atoms with Crippen molar-refractivity contribution in [1.29, 1.82) is 5.26 Å². The largest absolute Gasteiger partial charge is 0.416 e. The number of benzene rings is 3. The Labute approximate surface area is 276 Å². The number of imidazole rings is 1. The van der Waals surface area contributed by atoms with E-state index >= 15 is 0 Å². The van der Waals surface area contributed by atoms with Crippen LogP contribution in [0.1, 0.15) is 47.4 Å². The average Bonchev–Trinajstić information content (AvgIpc) is 3.43. The van der Waals surface area contributed by atoms with Crippen LogP contribution in [0.15, 0.2) is 79.3 Å². The molecule has 0 amide bonds. The van der Waals surface area contributed by atoms with E-state index in [1.165, 1.54) is 23.1 Å². The Hall–Kier alpha value is -4.24. The molecular formula is C34H34ClF3N6OS. The number of rotatable bonds is 11. The van der Waals surface area contributed by atoms with Crippen molar-refractivity contribution in [1.82, 2.24) is 14.5 Å². The minimum Gasteiger partial charge on any atom is -0.333 e. The minimum absolute atomic E-state index is 0.00638. The molecule has 4 rings (SSSR count). The number of nitrogens with zero attached hydrogens (tertiary/aromatic N) is 4. The third kappa shape index (κ3) is 8.51. The number of anilines is 1. The predicted octanol–water partition coefficient (Wildman–Crippen LogP) is 7.35. The molecule has 0 aliphatic rings. The van der Waals surface area contributed by atoms with Gasteiger partial charge < -0.3 is 20.5 Å². The van der Waals surface area contributed by atoms with E-state index < -0.39 is 23.8 Å². The molecule has 7 nitrogen and oxygen atoms in total. The maximum Gasteiger partial charge on any atom is 0.416 e. The van der Waals surface area contributed by atoms with Crippen LogP contribution in [0, 0.1) is 30.1 Å². The second kappa shape index (κ2) is 14.9. The van der Waals surface area contributed by atoms with Gasteiger partial charge in [0, 0.05) is 42.1 Å². The number of carbonyl (C=O) groups is 1. The van der Waals surface area contributed by atoms with Crippen molar-refractivity contribution in [3.63, 3.8) is 0 Å². The van der Waals surface area contributed by atoms with Crippen molar-refractivity contribution in [3.8, 4) is 6.07 Å². The molecule has 0 fully saturated rings. The third-order valence-electron chi connectivity index (χ3n) is 7.76. The maximum atomic E-state index is 14.0. The molecule has 4 aromatic rings. The molecule has 240 valence electrons. The summed E-state index contributed by atoms with van der Waals surface area (Å²) in [6, 6.07) is 19.6. The molecule has 0 spiro atoms. The smallest absolute Gasteiger partial charge is 0.333 e. The molecule has 0 bridgehead atoms. The summed E-state index contributed by atoms with van der Waals surface area (Å²) in [5.74, 6) is -1.30. The van der Waals surface area contributed by atoms with Crippen molar-refractivity contribution in [2.24, 2.45) is 17.6 Å². The number of carbonyl (C=O) groups excluding carboxylic acids is 1. The summed E-state index contributed by atoms with van der Waals surface area (Å²) in [5.41, 5.74) is 9.45. The minimum atomic E-state index is -4.60. The molecule has 1 unspecified atom stereocenters. The summed E-state index contributed by atoms with van der Waals surface area (Å²) in [4.78, 5) is 19.7. The van der Waals surface area contributed by atoms with Crippen molar-refractivity contribution < 1.29 is 18.0 Å². The summed E-state index contributed by atoms with van der Waals surface area (Å²) >= 11 is 12.0. The molecule has 1 aromatic heterocycles. The van der Waals surface area contributed by atoms with E-state index in [0.717, 1.165) is 17.2 Å². The molecule has 0 saturated heterocycles. The molecule has 0 saturated carbocycles. The zero-order valence-corrected chi connectivity index (χ0v) is 27.1. The number of Topliss-reactive ketones (excluding diaryl/α,β-unsaturated/α-hetero) is 1. The highest BCUT2D eigenvalue weighted by Crippen LogP contribution is 2.33. The highest BCUT2D eigenvalue weighted by atomic mass is 35.5. The van der Waals surface area contributed by atoms with Gasteiger partial charge in [-0.1, -0.05) is 61.8 Å². The van der Waals surface area contributed by atoms with Crippen LogP contribution in [0.4, 0.5) is 18.9 Å². The highest BCUT2D eigenvalue weighted by Gasteiger charge is 2.37. The fourth-order valence-electron chi connectivity index (χ4n) is 5.26. The lowest BCUT2D eigenvalue weighted by Gasteiger charge is -2.38. The number of thiocarbonyl (C=S) groups is 1. The topological polar surface area (TPSA) is 100.0 Å². The Morgan fingerprint density at radius 2 is 1.85 bits per heavy atom. The first kappa shape index (κ1) is 34.6. The SMILES string of the molecule is Cc1ccc(NC(=S)N(Cc2ccccc2C(F)(F)F)C(N)[C@@H](C(=O)Cc2cncn2Cc2ccc(C#N)cc2)C(C)C)cc1Cl. The number of hydrogen-bond donors (Lipinski definition) is 2. The first-order valence-corrected chi connectivity index (χ1v) is 15.3. The van der Waals surface area contributed by atoms with Gasteiger partial charge in [-0.25, -0.2) is 4.98 Å². The Morgan fingerprint density at radius 3 is 2.48 bits per heavy atom. The van der Waals surface area contributed by atoms with Crippen molar-refractivity contribution in [2.45, 2.75) is 52.6 Å². The lowest BCUT2D eigenvalue weighted by Crippen LogP contribution is -2.55. The Balaban J connectivity index is 1.64. The van der Waals surface area contributed by atoms with E-state index in [4.69, 9.17) is 34.8 Å². The molecule has 1 heterocycles. The van der Waals surface area contributed by atoms with Gasteiger partial charge in [-0.2, -0.15) is 18.4 Å². The quantitative estimate of drug-likeness (QED) is 0.128. The normalized spacial score (nSPS) is 12.8. The maximum absolute atomic E-state index is 14.0. The van der Waals surface area contributed by atoms with Crippen LogP contribution in [0.5, 0.6) is 0 Å². The molecule has 12 heteroatoms. The van der Waals surface area contributed by atoms with Gasteiger partial charge in [0.2, 0.25) is 0 Å². The van der Waals surface area contributed by atoms with Crippen LogP contribution in [-0.4, -0.2) is 31.5 Å². The number of hydrogen-bond acceptors (Lipinski definition) is 5. The molecule has 46 heavy (non-hydrogen) atoms. The molecule has 0 radical (unpaired) electrons. The van der Waals surface area contributed by atoms with Crippen LogP contribution in [-0.2, 0) is 30.5 Å². The van der Waals surface area contributed by atoms with Gasteiger partial charge in [0.05, 0.1) is 35.6 Å². The van der Waals surface area contributed by atoms with Gasteiger partial charge in [-0.15, -0.1) is 0 Å². The van der Waals surface area contributed by atoms with E-state index in [1.54, 1.807) is 42.9 Å². The number of aromatic nitrogens is 2. The van der Waals surface area contributed by atoms with Crippen LogP contribution in [0.2, 0.25) is 5.02 Å². The standard InChI is InChI=1S/C34H34ClF3N6OS/c1-21(2)31(30(45)15-27-17-41-20-43(27)18-24-11-9-23(16-39)10-12-24)32(40)44(19-25-6-4-5-7-28(25)34(36,37)38)33(46)42-26-13-8-22(3)29(35)14-26/h4-14,17,20-21,31-32H,15,18-19,40H2,1-3H3,(H,42,46)/t31-,32?/m1/s1. The van der Waals surface area contributed by atoms with Gasteiger partial charge in [-0.05, 0) is 72.1 Å². The monoisotopic (exact) mass is 666 g/mol. The predicted molar refractivity (Wildman–Crippen MR) is 177 cm³/mol. The highest BCUT2D eigenvalue weighted by molar-refractivity contribution is 7.80. The first-order chi connectivity index (χ1) is 21.8. The molecule has 0 aliphatic carbocycles. The number of halogens is 4. The van der Waals surface area contributed by atoms with E-state index in [-0.39, 0.29) is 35.3 Å². The zero-order valence-electron chi connectivity index (χ0n) is 25.6. The van der Waals surface area contributed by atoms with Crippen molar-refractivity contribution in [2.75, 3.05) is 5.32 Å². The average molecular weight is 667 g/mol. The van der Waals surface area contributed by atoms with Crippen molar-refractivity contribution in [3.05, 3.63) is 118 Å². The molecule has 0 aliphatic heterocycles. The fraction of sp³-hybridized carbons (Fsp3) is 0.294. The van der Waals surface area contributed by atoms with E-state index in [9.17, 15) is 18.0 Å². The van der Waals surface area contributed by atoms with Crippen LogP contribution < -0.4 is 11.1 Å². The Kier molecular flexibility index (Phi) is 11.2. The summed E-state index contributed by atoms with van der Waals surface area (Å²) in [5, 5.41) is 12.7. The van der Waals surface area contributed by atoms with Gasteiger partial charge in [0.15, 0.2) is 5.11 Å². The molecule has 3 N–H and O–H groups in total. The Bertz CT molecular complexity index is 1730. The number of nitriles is 1. The number of alkyl halides is 3. The molecular weight excluding hydrogens is 633 g/mol. The summed E-state index contributed by atoms with van der Waals surface area (Å²) < 4.78 is 43.8. The lowest BCUT2D eigenvalue weighted by molar-refractivity contribution is -0.138. The van der Waals surface area contributed by atoms with Crippen LogP contribution in [0.25, 0.3) is 0 Å². The number of nitrogens with one attached hydrogen (secondary N) is 1. The van der Waals surface area contributed by atoms with Gasteiger partial charge >= 0.3 is 6.18 Å². The van der Waals surface area contributed by atoms with E-state index in [1.807, 2.05) is 37.5 Å². The van der Waals surface area contributed by atoms with E-state index in [0.29, 0.717) is 28.5 Å². The summed E-state index contributed by atoms with van der Waals surface area (Å²) in [6.07, 6.45) is -2.46. The summed E-state index contributed by atoms with van der Waals surface area (Å²) in [6.45, 7) is 5.66. The number of nitrogens with two attached hydrogens (primary N) is 1. The van der Waals surface area contributed by atoms with Crippen LogP contribution >= 0.6 is 23.8 Å². The Morgan fingerprint density at radius 1 is 1.15 bits per heavy atom. The summed E-state index contributed by atoms with van der Waals surface area (Å²) in [7, 11) is 0. The van der Waals surface area contributed by atoms with Crippen LogP contribution in [0.3, 0.4) is 0 Å². The van der Waals surface area contributed by atoms with Gasteiger partial charge in [0.1, 0.15) is 5.78 Å². The van der Waals surface area contributed by atoms with Gasteiger partial charge in [0.25, 0.3) is 0 Å². The number of ketones is 1. The molecule has 3 aromatic carbocycles. The molecule has 2 atom stereocenters.